The normalized spacial score (nSPS) is 19.3. The number of nitrogens with one attached hydrogen (secondary N) is 1. The van der Waals surface area contributed by atoms with Gasteiger partial charge in [-0.3, -0.25) is 4.79 Å². The summed E-state index contributed by atoms with van der Waals surface area (Å²) >= 11 is 1.60. The van der Waals surface area contributed by atoms with Crippen molar-refractivity contribution in [2.45, 2.75) is 50.3 Å². The van der Waals surface area contributed by atoms with Crippen molar-refractivity contribution < 1.29 is 19.1 Å². The monoisotopic (exact) mass is 423 g/mol. The molecule has 0 aliphatic carbocycles. The molecule has 0 saturated carbocycles. The first kappa shape index (κ1) is 23.2. The quantitative estimate of drug-likeness (QED) is 0.727. The van der Waals surface area contributed by atoms with E-state index in [-0.39, 0.29) is 28.1 Å². The lowest BCUT2D eigenvalue weighted by atomic mass is 10.1. The number of urea groups is 1. The maximum absolute atomic E-state index is 12.8. The Labute approximate surface area is 178 Å². The van der Waals surface area contributed by atoms with Crippen LogP contribution in [0.1, 0.15) is 45.1 Å². The van der Waals surface area contributed by atoms with E-state index in [1.165, 1.54) is 0 Å². The van der Waals surface area contributed by atoms with Gasteiger partial charge in [-0.15, -0.1) is 11.8 Å². The number of carbonyl (C=O) groups is 2. The van der Waals surface area contributed by atoms with E-state index >= 15 is 0 Å². The Kier molecular flexibility index (Phi) is 7.68. The van der Waals surface area contributed by atoms with E-state index in [0.717, 1.165) is 17.1 Å². The smallest absolute Gasteiger partial charge is 0.317 e. The van der Waals surface area contributed by atoms with Gasteiger partial charge in [0.05, 0.1) is 19.5 Å². The molecule has 0 spiro atoms. The van der Waals surface area contributed by atoms with E-state index in [2.05, 4.69) is 5.32 Å². The number of methoxy groups -OCH3 is 2. The minimum atomic E-state index is -0.281. The molecular formula is C21H33N3O4S. The van der Waals surface area contributed by atoms with Crippen molar-refractivity contribution >= 4 is 23.7 Å². The highest BCUT2D eigenvalue weighted by Crippen LogP contribution is 2.46. The third-order valence-corrected chi connectivity index (χ3v) is 6.05. The molecule has 2 atom stereocenters. The van der Waals surface area contributed by atoms with Crippen LogP contribution in [0.5, 0.6) is 11.5 Å². The maximum atomic E-state index is 12.8. The van der Waals surface area contributed by atoms with Gasteiger partial charge < -0.3 is 24.6 Å². The molecule has 1 aromatic carbocycles. The number of rotatable bonds is 7. The molecule has 1 fully saturated rings. The van der Waals surface area contributed by atoms with Gasteiger partial charge in [0.1, 0.15) is 16.9 Å². The van der Waals surface area contributed by atoms with Gasteiger partial charge in [-0.1, -0.05) is 0 Å². The predicted octanol–water partition coefficient (Wildman–Crippen LogP) is 3.50. The molecule has 1 N–H and O–H groups in total. The van der Waals surface area contributed by atoms with Crippen LogP contribution in [-0.2, 0) is 4.79 Å². The molecule has 7 nitrogen and oxygen atoms in total. The molecule has 1 aliphatic rings. The molecule has 0 bridgehead atoms. The van der Waals surface area contributed by atoms with Gasteiger partial charge in [-0.05, 0) is 52.3 Å². The number of hydrogen-bond acceptors (Lipinski definition) is 5. The third-order valence-electron chi connectivity index (χ3n) is 4.67. The van der Waals surface area contributed by atoms with Crippen molar-refractivity contribution in [1.82, 2.24) is 15.1 Å². The second kappa shape index (κ2) is 9.61. The topological polar surface area (TPSA) is 71.1 Å². The van der Waals surface area contributed by atoms with Crippen LogP contribution in [0, 0.1) is 0 Å². The average molecular weight is 424 g/mol. The molecule has 29 heavy (non-hydrogen) atoms. The number of ether oxygens (including phenoxy) is 2. The van der Waals surface area contributed by atoms with Crippen molar-refractivity contribution in [1.29, 1.82) is 0 Å². The van der Waals surface area contributed by atoms with E-state index in [1.54, 1.807) is 37.9 Å². The summed E-state index contributed by atoms with van der Waals surface area (Å²) in [6.45, 7) is 8.90. The molecule has 3 amide bonds. The molecule has 1 saturated heterocycles. The van der Waals surface area contributed by atoms with Crippen LogP contribution in [0.25, 0.3) is 0 Å². The largest absolute Gasteiger partial charge is 0.497 e. The summed E-state index contributed by atoms with van der Waals surface area (Å²) in [7, 11) is 5.02. The first-order valence-corrected chi connectivity index (χ1v) is 10.7. The number of carbonyl (C=O) groups excluding carboxylic acids is 2. The van der Waals surface area contributed by atoms with E-state index < -0.39 is 0 Å². The highest BCUT2D eigenvalue weighted by Gasteiger charge is 2.39. The lowest BCUT2D eigenvalue weighted by molar-refractivity contribution is -0.129. The Bertz CT molecular complexity index is 735. The van der Waals surface area contributed by atoms with Crippen molar-refractivity contribution in [3.05, 3.63) is 23.8 Å². The standard InChI is InChI=1S/C21H33N3O4S/c1-14-18(25)24(12-8-11-23(5)20(26)22-21(2,3)4)19(29-14)16-13-15(27-6)9-10-17(16)28-7/h9-10,13-14,19H,8,11-12H2,1-7H3,(H,22,26)/t14-,19+/m1/s1. The second-order valence-electron chi connectivity index (χ2n) is 8.23. The number of benzene rings is 1. The number of nitrogens with zero attached hydrogens (tertiary/aromatic N) is 2. The third kappa shape index (κ3) is 5.95. The van der Waals surface area contributed by atoms with Crippen LogP contribution in [0.4, 0.5) is 4.79 Å². The Morgan fingerprint density at radius 1 is 1.28 bits per heavy atom. The molecule has 162 valence electrons. The zero-order valence-corrected chi connectivity index (χ0v) is 19.3. The van der Waals surface area contributed by atoms with Crippen LogP contribution in [0.3, 0.4) is 0 Å². The van der Waals surface area contributed by atoms with Crippen molar-refractivity contribution in [2.75, 3.05) is 34.4 Å². The van der Waals surface area contributed by atoms with Crippen molar-refractivity contribution in [2.24, 2.45) is 0 Å². The van der Waals surface area contributed by atoms with Crippen LogP contribution in [0.15, 0.2) is 18.2 Å². The van der Waals surface area contributed by atoms with E-state index in [9.17, 15) is 9.59 Å². The highest BCUT2D eigenvalue weighted by molar-refractivity contribution is 8.01. The molecular weight excluding hydrogens is 390 g/mol. The minimum absolute atomic E-state index is 0.103. The zero-order chi connectivity index (χ0) is 21.8. The number of amides is 3. The first-order valence-electron chi connectivity index (χ1n) is 9.78. The molecule has 1 aromatic rings. The summed E-state index contributed by atoms with van der Waals surface area (Å²) in [5.74, 6) is 1.57. The lowest BCUT2D eigenvalue weighted by Gasteiger charge is -2.28. The molecule has 1 aliphatic heterocycles. The number of thioether (sulfide) groups is 1. The van der Waals surface area contributed by atoms with Crippen LogP contribution >= 0.6 is 11.8 Å². The van der Waals surface area contributed by atoms with Crippen LogP contribution in [0.2, 0.25) is 0 Å². The summed E-state index contributed by atoms with van der Waals surface area (Å²) in [5, 5.41) is 2.68. The lowest BCUT2D eigenvalue weighted by Crippen LogP contribution is -2.47. The second-order valence-corrected chi connectivity index (χ2v) is 9.65. The first-order chi connectivity index (χ1) is 13.6. The fourth-order valence-corrected chi connectivity index (χ4v) is 4.50. The van der Waals surface area contributed by atoms with Crippen molar-refractivity contribution in [3.8, 4) is 11.5 Å². The van der Waals surface area contributed by atoms with Gasteiger partial charge in [0.25, 0.3) is 0 Å². The average Bonchev–Trinajstić information content (AvgIpc) is 2.94. The Balaban J connectivity index is 2.08. The van der Waals surface area contributed by atoms with Gasteiger partial charge in [-0.25, -0.2) is 4.79 Å². The Morgan fingerprint density at radius 2 is 1.97 bits per heavy atom. The minimum Gasteiger partial charge on any atom is -0.497 e. The van der Waals surface area contributed by atoms with Gasteiger partial charge in [0, 0.05) is 31.2 Å². The molecule has 0 unspecified atom stereocenters. The summed E-state index contributed by atoms with van der Waals surface area (Å²) in [5.41, 5.74) is 0.643. The Hall–Kier alpha value is -2.09. The SMILES string of the molecule is COc1ccc(OC)c([C@@H]2S[C@H](C)C(=O)N2CCCN(C)C(=O)NC(C)(C)C)c1. The molecule has 0 aromatic heterocycles. The zero-order valence-electron chi connectivity index (χ0n) is 18.4. The van der Waals surface area contributed by atoms with Gasteiger partial charge >= 0.3 is 6.03 Å². The summed E-state index contributed by atoms with van der Waals surface area (Å²) in [6.07, 6.45) is 0.690. The van der Waals surface area contributed by atoms with E-state index in [4.69, 9.17) is 9.47 Å². The van der Waals surface area contributed by atoms with E-state index in [1.807, 2.05) is 50.8 Å². The van der Waals surface area contributed by atoms with Crippen LogP contribution in [-0.4, -0.2) is 66.9 Å². The highest BCUT2D eigenvalue weighted by atomic mass is 32.2. The van der Waals surface area contributed by atoms with Gasteiger partial charge in [-0.2, -0.15) is 0 Å². The van der Waals surface area contributed by atoms with Gasteiger partial charge in [0.2, 0.25) is 5.91 Å². The molecule has 8 heteroatoms. The fourth-order valence-electron chi connectivity index (χ4n) is 3.17. The van der Waals surface area contributed by atoms with Crippen LogP contribution < -0.4 is 14.8 Å². The molecule has 2 rings (SSSR count). The fraction of sp³-hybridized carbons (Fsp3) is 0.619. The summed E-state index contributed by atoms with van der Waals surface area (Å²) in [4.78, 5) is 28.6. The maximum Gasteiger partial charge on any atom is 0.317 e. The van der Waals surface area contributed by atoms with Gasteiger partial charge in [0.15, 0.2) is 0 Å². The Morgan fingerprint density at radius 3 is 2.55 bits per heavy atom. The van der Waals surface area contributed by atoms with E-state index in [0.29, 0.717) is 19.5 Å². The molecule has 0 radical (unpaired) electrons. The molecule has 1 heterocycles. The van der Waals surface area contributed by atoms with Crippen molar-refractivity contribution in [3.63, 3.8) is 0 Å². The summed E-state index contributed by atoms with van der Waals surface area (Å²) in [6, 6.07) is 5.53. The predicted molar refractivity (Wildman–Crippen MR) is 117 cm³/mol. The number of hydrogen-bond donors (Lipinski definition) is 1. The summed E-state index contributed by atoms with van der Waals surface area (Å²) < 4.78 is 10.9.